The number of hydrogen-bond acceptors (Lipinski definition) is 6. The first-order valence-electron chi connectivity index (χ1n) is 11.0. The van der Waals surface area contributed by atoms with Crippen molar-refractivity contribution >= 4 is 50.2 Å². The molecule has 0 radical (unpaired) electrons. The van der Waals surface area contributed by atoms with Crippen molar-refractivity contribution < 1.29 is 4.74 Å². The van der Waals surface area contributed by atoms with Crippen LogP contribution in [0.25, 0.3) is 22.1 Å². The highest BCUT2D eigenvalue weighted by Crippen LogP contribution is 2.26. The molecule has 0 saturated carbocycles. The van der Waals surface area contributed by atoms with Gasteiger partial charge in [-0.1, -0.05) is 64.0 Å². The van der Waals surface area contributed by atoms with Gasteiger partial charge in [0, 0.05) is 22.0 Å². The second-order valence-electron chi connectivity index (χ2n) is 7.90. The molecule has 0 fully saturated rings. The highest BCUT2D eigenvalue weighted by Gasteiger charge is 2.13. The Balaban J connectivity index is 1.36. The minimum Gasteiger partial charge on any atom is -0.488 e. The van der Waals surface area contributed by atoms with E-state index in [1.165, 1.54) is 5.56 Å². The number of ether oxygens (including phenoxy) is 1. The first-order chi connectivity index (χ1) is 16.6. The first-order valence-corrected chi connectivity index (χ1v) is 11.8. The number of halogens is 1. The molecule has 0 atom stereocenters. The van der Waals surface area contributed by atoms with Gasteiger partial charge < -0.3 is 9.30 Å². The summed E-state index contributed by atoms with van der Waals surface area (Å²) in [4.78, 5) is 4.66. The summed E-state index contributed by atoms with van der Waals surface area (Å²) >= 11 is 3.52. The quantitative estimate of drug-likeness (QED) is 0.210. The topological polar surface area (TPSA) is 77.2 Å². The Morgan fingerprint density at radius 3 is 2.71 bits per heavy atom. The Morgan fingerprint density at radius 1 is 1.06 bits per heavy atom. The van der Waals surface area contributed by atoms with E-state index in [1.807, 2.05) is 36.4 Å². The fourth-order valence-corrected chi connectivity index (χ4v) is 4.21. The van der Waals surface area contributed by atoms with Crippen molar-refractivity contribution in [1.82, 2.24) is 19.7 Å². The van der Waals surface area contributed by atoms with Crippen LogP contribution >= 0.6 is 15.9 Å². The molecular weight excluding hydrogens is 492 g/mol. The lowest BCUT2D eigenvalue weighted by molar-refractivity contribution is 0.305. The summed E-state index contributed by atoms with van der Waals surface area (Å²) in [6, 6.07) is 22.2. The average molecular weight is 515 g/mol. The molecule has 8 heteroatoms. The lowest BCUT2D eigenvalue weighted by Crippen LogP contribution is -2.03. The third-order valence-corrected chi connectivity index (χ3v) is 6.04. The van der Waals surface area contributed by atoms with Crippen molar-refractivity contribution in [3.05, 3.63) is 87.9 Å². The van der Waals surface area contributed by atoms with Crippen LogP contribution in [0.2, 0.25) is 0 Å². The third kappa shape index (κ3) is 4.49. The number of nitrogens with one attached hydrogen (secondary N) is 1. The Kier molecular flexibility index (Phi) is 6.22. The number of hydrazone groups is 1. The predicted octanol–water partition coefficient (Wildman–Crippen LogP) is 6.10. The third-order valence-electron chi connectivity index (χ3n) is 5.55. The molecule has 1 N–H and O–H groups in total. The molecule has 0 aliphatic heterocycles. The zero-order valence-corrected chi connectivity index (χ0v) is 20.5. The number of rotatable bonds is 7. The molecule has 0 bridgehead atoms. The summed E-state index contributed by atoms with van der Waals surface area (Å²) in [5.74, 6) is 1.06. The van der Waals surface area contributed by atoms with E-state index in [0.29, 0.717) is 12.6 Å². The van der Waals surface area contributed by atoms with E-state index < -0.39 is 0 Å². The highest BCUT2D eigenvalue weighted by atomic mass is 79.9. The summed E-state index contributed by atoms with van der Waals surface area (Å²) in [5.41, 5.74) is 8.71. The summed E-state index contributed by atoms with van der Waals surface area (Å²) in [6.45, 7) is 5.41. The number of aromatic nitrogens is 4. The molecule has 34 heavy (non-hydrogen) atoms. The largest absolute Gasteiger partial charge is 0.488 e. The molecular formula is C26H23BrN6O. The summed E-state index contributed by atoms with van der Waals surface area (Å²) in [6.07, 6.45) is 1.69. The normalized spacial score (nSPS) is 11.5. The van der Waals surface area contributed by atoms with Crippen LogP contribution in [0.5, 0.6) is 5.75 Å². The van der Waals surface area contributed by atoms with E-state index in [0.717, 1.165) is 50.0 Å². The Morgan fingerprint density at radius 2 is 1.88 bits per heavy atom. The smallest absolute Gasteiger partial charge is 0.265 e. The van der Waals surface area contributed by atoms with Crippen LogP contribution in [0.1, 0.15) is 23.6 Å². The summed E-state index contributed by atoms with van der Waals surface area (Å²) < 4.78 is 9.11. The van der Waals surface area contributed by atoms with Gasteiger partial charge in [0.25, 0.3) is 5.95 Å². The van der Waals surface area contributed by atoms with Gasteiger partial charge in [-0.05, 0) is 43.7 Å². The zero-order chi connectivity index (χ0) is 23.5. The fourth-order valence-electron chi connectivity index (χ4n) is 3.83. The van der Waals surface area contributed by atoms with Crippen molar-refractivity contribution in [2.24, 2.45) is 5.10 Å². The lowest BCUT2D eigenvalue weighted by Gasteiger charge is -2.10. The number of fused-ring (bicyclic) bond motifs is 3. The van der Waals surface area contributed by atoms with Gasteiger partial charge in [-0.15, -0.1) is 10.2 Å². The molecule has 7 nitrogen and oxygen atoms in total. The Hall–Kier alpha value is -3.78. The maximum Gasteiger partial charge on any atom is 0.265 e. The van der Waals surface area contributed by atoms with E-state index >= 15 is 0 Å². The van der Waals surface area contributed by atoms with Crippen molar-refractivity contribution in [2.45, 2.75) is 27.0 Å². The zero-order valence-electron chi connectivity index (χ0n) is 18.9. The SMILES string of the molecule is CCn1c2ccccc2c2nnc(N/N=C/c3cc(Br)ccc3OCc3ccc(C)cc3)nc21. The molecule has 2 aromatic heterocycles. The molecule has 5 rings (SSSR count). The van der Waals surface area contributed by atoms with E-state index in [9.17, 15) is 0 Å². The van der Waals surface area contributed by atoms with Gasteiger partial charge in [-0.2, -0.15) is 10.1 Å². The minimum absolute atomic E-state index is 0.332. The minimum atomic E-state index is 0.332. The lowest BCUT2D eigenvalue weighted by atomic mass is 10.1. The monoisotopic (exact) mass is 514 g/mol. The first kappa shape index (κ1) is 22.0. The van der Waals surface area contributed by atoms with Crippen LogP contribution < -0.4 is 10.2 Å². The molecule has 0 unspecified atom stereocenters. The van der Waals surface area contributed by atoms with Crippen molar-refractivity contribution in [3.63, 3.8) is 0 Å². The van der Waals surface area contributed by atoms with Gasteiger partial charge in [0.1, 0.15) is 17.9 Å². The summed E-state index contributed by atoms with van der Waals surface area (Å²) in [5, 5.41) is 14.0. The van der Waals surface area contributed by atoms with Gasteiger partial charge in [-0.25, -0.2) is 5.43 Å². The number of anilines is 1. The van der Waals surface area contributed by atoms with Crippen LogP contribution in [0.4, 0.5) is 5.95 Å². The molecule has 3 aromatic carbocycles. The Labute approximate surface area is 205 Å². The fraction of sp³-hybridized carbons (Fsp3) is 0.154. The number of benzene rings is 3. The molecule has 2 heterocycles. The van der Waals surface area contributed by atoms with Gasteiger partial charge >= 0.3 is 0 Å². The highest BCUT2D eigenvalue weighted by molar-refractivity contribution is 9.10. The second-order valence-corrected chi connectivity index (χ2v) is 8.81. The molecule has 0 amide bonds. The van der Waals surface area contributed by atoms with Crippen LogP contribution in [0.15, 0.2) is 76.3 Å². The molecule has 0 saturated heterocycles. The van der Waals surface area contributed by atoms with E-state index in [-0.39, 0.29) is 0 Å². The number of nitrogens with zero attached hydrogens (tertiary/aromatic N) is 5. The van der Waals surface area contributed by atoms with E-state index in [1.54, 1.807) is 6.21 Å². The van der Waals surface area contributed by atoms with Gasteiger partial charge in [0.15, 0.2) is 5.65 Å². The van der Waals surface area contributed by atoms with Gasteiger partial charge in [-0.3, -0.25) is 0 Å². The van der Waals surface area contributed by atoms with Crippen LogP contribution in [0, 0.1) is 6.92 Å². The number of aryl methyl sites for hydroxylation is 2. The standard InChI is InChI=1S/C26H23BrN6O/c1-3-33-22-7-5-4-6-21(22)24-25(33)29-26(32-30-24)31-28-15-19-14-20(27)12-13-23(19)34-16-18-10-8-17(2)9-11-18/h4-15H,3,16H2,1-2H3,(H,29,31,32)/b28-15+. The van der Waals surface area contributed by atoms with Gasteiger partial charge in [0.05, 0.1) is 11.7 Å². The predicted molar refractivity (Wildman–Crippen MR) is 139 cm³/mol. The van der Waals surface area contributed by atoms with Crippen LogP contribution in [-0.4, -0.2) is 26.0 Å². The van der Waals surface area contributed by atoms with E-state index in [2.05, 4.69) is 90.4 Å². The molecule has 0 aliphatic rings. The van der Waals surface area contributed by atoms with Crippen LogP contribution in [-0.2, 0) is 13.2 Å². The Bertz CT molecular complexity index is 1490. The average Bonchev–Trinajstić information content (AvgIpc) is 3.17. The maximum absolute atomic E-state index is 6.06. The van der Waals surface area contributed by atoms with E-state index in [4.69, 9.17) is 4.74 Å². The van der Waals surface area contributed by atoms with Crippen molar-refractivity contribution in [1.29, 1.82) is 0 Å². The van der Waals surface area contributed by atoms with Crippen molar-refractivity contribution in [3.8, 4) is 5.75 Å². The van der Waals surface area contributed by atoms with Crippen LogP contribution in [0.3, 0.4) is 0 Å². The summed E-state index contributed by atoms with van der Waals surface area (Å²) in [7, 11) is 0. The molecule has 170 valence electrons. The molecule has 5 aromatic rings. The maximum atomic E-state index is 6.06. The van der Waals surface area contributed by atoms with Crippen molar-refractivity contribution in [2.75, 3.05) is 5.43 Å². The number of hydrogen-bond donors (Lipinski definition) is 1. The number of para-hydroxylation sites is 1. The van der Waals surface area contributed by atoms with Gasteiger partial charge in [0.2, 0.25) is 0 Å². The molecule has 0 spiro atoms. The second kappa shape index (κ2) is 9.61. The molecule has 0 aliphatic carbocycles.